The highest BCUT2D eigenvalue weighted by atomic mass is 127. The first-order valence-electron chi connectivity index (χ1n) is 3.44. The lowest BCUT2D eigenvalue weighted by Crippen LogP contribution is -2.01. The number of carbonyl (C=O) groups is 3. The molecule has 0 aliphatic rings. The van der Waals surface area contributed by atoms with Crippen LogP contribution in [0.25, 0.3) is 0 Å². The number of benzene rings is 1. The number of carbonyl (C=O) groups excluding carboxylic acids is 3. The van der Waals surface area contributed by atoms with E-state index in [9.17, 15) is 14.4 Å². The van der Waals surface area contributed by atoms with Gasteiger partial charge < -0.3 is 0 Å². The molecule has 0 saturated heterocycles. The molecule has 1 aromatic rings. The van der Waals surface area contributed by atoms with Crippen LogP contribution in [-0.2, 0) is 0 Å². The van der Waals surface area contributed by atoms with Gasteiger partial charge in [0.1, 0.15) is 0 Å². The summed E-state index contributed by atoms with van der Waals surface area (Å²) in [7, 11) is 0. The van der Waals surface area contributed by atoms with Gasteiger partial charge in [-0.2, -0.15) is 0 Å². The molecule has 0 heterocycles. The average molecular weight is 288 g/mol. The van der Waals surface area contributed by atoms with Gasteiger partial charge in [0.15, 0.2) is 12.6 Å². The van der Waals surface area contributed by atoms with Crippen LogP contribution in [-0.4, -0.2) is 16.4 Å². The zero-order valence-electron chi connectivity index (χ0n) is 6.49. The van der Waals surface area contributed by atoms with Gasteiger partial charge in [-0.3, -0.25) is 14.4 Å². The highest BCUT2D eigenvalue weighted by Crippen LogP contribution is 2.15. The van der Waals surface area contributed by atoms with Crippen LogP contribution in [0.4, 0.5) is 0 Å². The van der Waals surface area contributed by atoms with Crippen LogP contribution >= 0.6 is 22.6 Å². The van der Waals surface area contributed by atoms with E-state index in [-0.39, 0.29) is 20.5 Å². The van der Waals surface area contributed by atoms with Crippen LogP contribution in [0.1, 0.15) is 31.1 Å². The molecule has 0 saturated carbocycles. The minimum absolute atomic E-state index is 0.188. The van der Waals surface area contributed by atoms with Crippen LogP contribution in [0.15, 0.2) is 18.2 Å². The molecule has 0 unspecified atom stereocenters. The molecule has 4 heteroatoms. The fourth-order valence-corrected chi connectivity index (χ4v) is 1.63. The Morgan fingerprint density at radius 3 is 1.92 bits per heavy atom. The summed E-state index contributed by atoms with van der Waals surface area (Å²) in [5.74, 6) is 0. The van der Waals surface area contributed by atoms with Crippen molar-refractivity contribution in [2.45, 2.75) is 0 Å². The number of hydrogen-bond acceptors (Lipinski definition) is 3. The predicted octanol–water partition coefficient (Wildman–Crippen LogP) is 1.89. The highest BCUT2D eigenvalue weighted by molar-refractivity contribution is 14.1. The van der Waals surface area contributed by atoms with Crippen molar-refractivity contribution < 1.29 is 14.4 Å². The predicted molar refractivity (Wildman–Crippen MR) is 55.6 cm³/mol. The molecule has 0 aliphatic heterocycles. The summed E-state index contributed by atoms with van der Waals surface area (Å²) in [4.78, 5) is 32.1. The van der Waals surface area contributed by atoms with E-state index in [4.69, 9.17) is 0 Å². The molecule has 13 heavy (non-hydrogen) atoms. The van der Waals surface area contributed by atoms with Crippen molar-refractivity contribution in [1.82, 2.24) is 0 Å². The molecule has 0 aromatic heterocycles. The Labute approximate surface area is 88.3 Å². The molecule has 0 fully saturated rings. The molecule has 0 spiro atoms. The molecular formula is C9H5IO3. The normalized spacial score (nSPS) is 9.31. The monoisotopic (exact) mass is 288 g/mol. The van der Waals surface area contributed by atoms with Gasteiger partial charge >= 0.3 is 0 Å². The maximum absolute atomic E-state index is 11.1. The smallest absolute Gasteiger partial charge is 0.223 e. The molecule has 66 valence electrons. The highest BCUT2D eigenvalue weighted by Gasteiger charge is 2.12. The molecule has 0 N–H and O–H groups in total. The third-order valence-corrected chi connectivity index (χ3v) is 2.12. The molecule has 0 bridgehead atoms. The molecule has 1 rings (SSSR count). The van der Waals surface area contributed by atoms with Crippen LogP contribution in [0.2, 0.25) is 0 Å². The van der Waals surface area contributed by atoms with Gasteiger partial charge in [-0.05, 0) is 0 Å². The van der Waals surface area contributed by atoms with Gasteiger partial charge in [-0.1, -0.05) is 18.2 Å². The molecule has 1 aromatic carbocycles. The van der Waals surface area contributed by atoms with Gasteiger partial charge in [0.2, 0.25) is 3.79 Å². The summed E-state index contributed by atoms with van der Waals surface area (Å²) in [5.41, 5.74) is 0.695. The Kier molecular flexibility index (Phi) is 3.30. The van der Waals surface area contributed by atoms with Crippen molar-refractivity contribution in [3.05, 3.63) is 34.9 Å². The number of hydrogen-bond donors (Lipinski definition) is 0. The van der Waals surface area contributed by atoms with Crippen LogP contribution < -0.4 is 0 Å². The zero-order valence-corrected chi connectivity index (χ0v) is 8.65. The number of halogens is 1. The summed E-state index contributed by atoms with van der Waals surface area (Å²) in [5, 5.41) is 0. The van der Waals surface area contributed by atoms with Gasteiger partial charge in [-0.15, -0.1) is 0 Å². The summed E-state index contributed by atoms with van der Waals surface area (Å²) < 4.78 is -0.303. The van der Waals surface area contributed by atoms with E-state index >= 15 is 0 Å². The summed E-state index contributed by atoms with van der Waals surface area (Å²) in [6.45, 7) is 0. The van der Waals surface area contributed by atoms with Crippen molar-refractivity contribution in [3.63, 3.8) is 0 Å². The Morgan fingerprint density at radius 2 is 1.62 bits per heavy atom. The van der Waals surface area contributed by atoms with Gasteiger partial charge in [-0.25, -0.2) is 0 Å². The van der Waals surface area contributed by atoms with Crippen LogP contribution in [0.3, 0.4) is 0 Å². The maximum Gasteiger partial charge on any atom is 0.223 e. The lowest BCUT2D eigenvalue weighted by Gasteiger charge is -2.01. The van der Waals surface area contributed by atoms with Gasteiger partial charge in [0.05, 0.1) is 0 Å². The molecule has 3 nitrogen and oxygen atoms in total. The summed E-state index contributed by atoms with van der Waals surface area (Å²) >= 11 is 1.55. The second-order valence-corrected chi connectivity index (χ2v) is 3.30. The SMILES string of the molecule is O=Cc1cccc(C=O)c1C(=O)I. The molecule has 0 atom stereocenters. The fraction of sp³-hybridized carbons (Fsp3) is 0. The van der Waals surface area contributed by atoms with Gasteiger partial charge in [0.25, 0.3) is 0 Å². The fourth-order valence-electron chi connectivity index (χ4n) is 1.01. The van der Waals surface area contributed by atoms with E-state index < -0.39 is 0 Å². The van der Waals surface area contributed by atoms with Crippen LogP contribution in [0.5, 0.6) is 0 Å². The Balaban J connectivity index is 3.46. The van der Waals surface area contributed by atoms with E-state index in [1.54, 1.807) is 28.7 Å². The third kappa shape index (κ3) is 2.00. The number of aldehydes is 2. The quantitative estimate of drug-likeness (QED) is 0.485. The molecular weight excluding hydrogens is 283 g/mol. The lowest BCUT2D eigenvalue weighted by atomic mass is 10.0. The molecule has 0 amide bonds. The lowest BCUT2D eigenvalue weighted by molar-refractivity contribution is 0.107. The van der Waals surface area contributed by atoms with Crippen molar-refractivity contribution >= 4 is 39.0 Å². The van der Waals surface area contributed by atoms with E-state index in [2.05, 4.69) is 0 Å². The first-order chi connectivity index (χ1) is 6.20. The molecule has 0 aliphatic carbocycles. The standard InChI is InChI=1S/C9H5IO3/c10-9(13)8-6(4-11)2-1-3-7(8)5-12/h1-5H. The second kappa shape index (κ2) is 4.27. The first kappa shape index (κ1) is 10.0. The summed E-state index contributed by atoms with van der Waals surface area (Å²) in [6, 6.07) is 4.58. The Bertz CT molecular complexity index is 345. The average Bonchev–Trinajstić information content (AvgIpc) is 2.16. The van der Waals surface area contributed by atoms with Crippen molar-refractivity contribution in [2.75, 3.05) is 0 Å². The second-order valence-electron chi connectivity index (χ2n) is 2.32. The topological polar surface area (TPSA) is 51.2 Å². The molecule has 0 radical (unpaired) electrons. The minimum Gasteiger partial charge on any atom is -0.298 e. The number of rotatable bonds is 3. The summed E-state index contributed by atoms with van der Waals surface area (Å²) in [6.07, 6.45) is 1.14. The Hall–Kier alpha value is -1.04. The van der Waals surface area contributed by atoms with Crippen molar-refractivity contribution in [2.24, 2.45) is 0 Å². The van der Waals surface area contributed by atoms with E-state index in [1.807, 2.05) is 0 Å². The van der Waals surface area contributed by atoms with Crippen molar-refractivity contribution in [1.29, 1.82) is 0 Å². The van der Waals surface area contributed by atoms with Gasteiger partial charge in [0, 0.05) is 39.3 Å². The first-order valence-corrected chi connectivity index (χ1v) is 4.51. The van der Waals surface area contributed by atoms with E-state index in [0.29, 0.717) is 12.6 Å². The van der Waals surface area contributed by atoms with E-state index in [0.717, 1.165) is 0 Å². The zero-order chi connectivity index (χ0) is 9.84. The van der Waals surface area contributed by atoms with Crippen LogP contribution in [0, 0.1) is 0 Å². The van der Waals surface area contributed by atoms with E-state index in [1.165, 1.54) is 12.1 Å². The largest absolute Gasteiger partial charge is 0.298 e. The Morgan fingerprint density at radius 1 is 1.15 bits per heavy atom. The minimum atomic E-state index is -0.303. The third-order valence-electron chi connectivity index (χ3n) is 1.58. The van der Waals surface area contributed by atoms with Crippen molar-refractivity contribution in [3.8, 4) is 0 Å². The maximum atomic E-state index is 11.1.